The summed E-state index contributed by atoms with van der Waals surface area (Å²) < 4.78 is 13.5. The summed E-state index contributed by atoms with van der Waals surface area (Å²) in [6, 6.07) is 19.7. The molecular weight excluding hydrogens is 416 g/mol. The van der Waals surface area contributed by atoms with Crippen LogP contribution in [0.15, 0.2) is 60.7 Å². The van der Waals surface area contributed by atoms with E-state index in [0.717, 1.165) is 11.1 Å². The molecule has 0 aliphatic carbocycles. The lowest BCUT2D eigenvalue weighted by molar-refractivity contribution is -0.151. The smallest absolute Gasteiger partial charge is 0.333 e. The molecule has 0 atom stereocenters. The molecule has 0 heterocycles. The van der Waals surface area contributed by atoms with Crippen LogP contribution >= 0.6 is 0 Å². The topological polar surface area (TPSA) is 35.5 Å². The van der Waals surface area contributed by atoms with Crippen molar-refractivity contribution in [1.82, 2.24) is 0 Å². The predicted octanol–water partition coefficient (Wildman–Crippen LogP) is 7.50. The molecule has 0 saturated carbocycles. The quantitative estimate of drug-likeness (QED) is 0.422. The Morgan fingerprint density at radius 2 is 1.00 bits per heavy atom. The van der Waals surface area contributed by atoms with E-state index >= 15 is 0 Å². The van der Waals surface area contributed by atoms with Crippen LogP contribution < -0.4 is 0 Å². The molecule has 0 fully saturated rings. The molecule has 0 aliphatic heterocycles. The van der Waals surface area contributed by atoms with Crippen LogP contribution in [-0.4, -0.2) is 22.6 Å². The Labute approximate surface area is 191 Å². The van der Waals surface area contributed by atoms with Gasteiger partial charge >= 0.3 is 5.97 Å². The van der Waals surface area contributed by atoms with Crippen molar-refractivity contribution in [3.8, 4) is 0 Å². The predicted molar refractivity (Wildman–Crippen MR) is 135 cm³/mol. The molecule has 31 heavy (non-hydrogen) atoms. The monoisotopic (exact) mass is 456 g/mol. The van der Waals surface area contributed by atoms with E-state index in [9.17, 15) is 4.79 Å². The molecule has 170 valence electrons. The first-order valence-electron chi connectivity index (χ1n) is 11.1. The molecule has 0 aromatic heterocycles. The maximum Gasteiger partial charge on any atom is 0.333 e. The van der Waals surface area contributed by atoms with Gasteiger partial charge in [0.25, 0.3) is 8.32 Å². The van der Waals surface area contributed by atoms with Gasteiger partial charge in [0, 0.05) is 0 Å². The number of carbonyl (C=O) groups is 1. The summed E-state index contributed by atoms with van der Waals surface area (Å²) >= 11 is 0. The first-order valence-corrected chi connectivity index (χ1v) is 16.9. The molecule has 2 aromatic rings. The van der Waals surface area contributed by atoms with E-state index in [1.165, 1.54) is 0 Å². The van der Waals surface area contributed by atoms with Gasteiger partial charge in [-0.2, -0.15) is 0 Å². The molecule has 3 nitrogen and oxygen atoms in total. The van der Waals surface area contributed by atoms with Gasteiger partial charge in [0.1, 0.15) is 0 Å². The molecule has 0 aliphatic rings. The Balaban J connectivity index is 2.80. The molecule has 0 spiro atoms. The lowest BCUT2D eigenvalue weighted by atomic mass is 9.86. The summed E-state index contributed by atoms with van der Waals surface area (Å²) in [6.07, 6.45) is 0. The summed E-state index contributed by atoms with van der Waals surface area (Å²) in [5.74, 6) is -0.304. The molecule has 0 radical (unpaired) electrons. The normalized spacial score (nSPS) is 13.7. The number of carbonyl (C=O) groups excluding carboxylic acids is 1. The minimum Gasteiger partial charge on any atom is -0.516 e. The van der Waals surface area contributed by atoms with E-state index in [2.05, 4.69) is 67.7 Å². The lowest BCUT2D eigenvalue weighted by Gasteiger charge is -2.46. The lowest BCUT2D eigenvalue weighted by Crippen LogP contribution is -2.55. The van der Waals surface area contributed by atoms with Gasteiger partial charge in [-0.15, -0.1) is 0 Å². The summed E-state index contributed by atoms with van der Waals surface area (Å²) in [7, 11) is -4.75. The van der Waals surface area contributed by atoms with Gasteiger partial charge in [-0.05, 0) is 47.4 Å². The van der Waals surface area contributed by atoms with Gasteiger partial charge in [-0.1, -0.05) is 102 Å². The highest BCUT2D eigenvalue weighted by molar-refractivity contribution is 6.76. The zero-order chi connectivity index (χ0) is 23.7. The van der Waals surface area contributed by atoms with Crippen LogP contribution in [0.25, 0.3) is 0 Å². The molecule has 0 N–H and O–H groups in total. The molecule has 0 saturated heterocycles. The van der Waals surface area contributed by atoms with Crippen molar-refractivity contribution < 1.29 is 13.6 Å². The third kappa shape index (κ3) is 5.21. The summed E-state index contributed by atoms with van der Waals surface area (Å²) in [5, 5.41) is -0.169. The van der Waals surface area contributed by atoms with E-state index in [-0.39, 0.29) is 16.0 Å². The van der Waals surface area contributed by atoms with Crippen LogP contribution in [0, 0.1) is 0 Å². The Bertz CT molecular complexity index is 837. The maximum absolute atomic E-state index is 14.2. The largest absolute Gasteiger partial charge is 0.516 e. The second-order valence-corrected chi connectivity index (χ2v) is 20.9. The molecule has 0 amide bonds. The highest BCUT2D eigenvalue weighted by Gasteiger charge is 2.54. The third-order valence-electron chi connectivity index (χ3n) is 7.02. The van der Waals surface area contributed by atoms with Crippen molar-refractivity contribution >= 4 is 22.6 Å². The van der Waals surface area contributed by atoms with Crippen molar-refractivity contribution in [2.75, 3.05) is 0 Å². The van der Waals surface area contributed by atoms with E-state index in [4.69, 9.17) is 8.85 Å². The van der Waals surface area contributed by atoms with E-state index in [1.807, 2.05) is 60.7 Å². The zero-order valence-corrected chi connectivity index (χ0v) is 23.0. The molecule has 0 bridgehead atoms. The van der Waals surface area contributed by atoms with Crippen molar-refractivity contribution in [2.45, 2.75) is 83.4 Å². The minimum atomic E-state index is -2.38. The van der Waals surface area contributed by atoms with Gasteiger partial charge in [-0.25, -0.2) is 4.79 Å². The van der Waals surface area contributed by atoms with Crippen LogP contribution in [0.4, 0.5) is 0 Å². The zero-order valence-electron chi connectivity index (χ0n) is 21.0. The van der Waals surface area contributed by atoms with Crippen LogP contribution in [0.5, 0.6) is 0 Å². The molecular formula is C26H40O3Si2. The second-order valence-electron chi connectivity index (χ2n) is 11.4. The van der Waals surface area contributed by atoms with Crippen LogP contribution in [-0.2, 0) is 19.2 Å². The van der Waals surface area contributed by atoms with E-state index < -0.39 is 22.2 Å². The van der Waals surface area contributed by atoms with Crippen molar-refractivity contribution in [3.63, 3.8) is 0 Å². The van der Waals surface area contributed by atoms with Crippen molar-refractivity contribution in [3.05, 3.63) is 71.8 Å². The molecule has 5 heteroatoms. The van der Waals surface area contributed by atoms with Gasteiger partial charge < -0.3 is 8.85 Å². The Hall–Kier alpha value is -1.70. The highest BCUT2D eigenvalue weighted by Crippen LogP contribution is 2.47. The molecule has 2 aromatic carbocycles. The van der Waals surface area contributed by atoms with Crippen LogP contribution in [0.2, 0.25) is 36.3 Å². The van der Waals surface area contributed by atoms with Crippen LogP contribution in [0.1, 0.15) is 52.7 Å². The third-order valence-corrected chi connectivity index (χ3v) is 15.8. The van der Waals surface area contributed by atoms with Crippen LogP contribution in [0.3, 0.4) is 0 Å². The second kappa shape index (κ2) is 8.68. The molecule has 2 rings (SSSR count). The first-order chi connectivity index (χ1) is 14.0. The number of benzene rings is 2. The minimum absolute atomic E-state index is 0.0704. The van der Waals surface area contributed by atoms with E-state index in [1.54, 1.807) is 0 Å². The fourth-order valence-corrected chi connectivity index (χ4v) is 5.20. The highest BCUT2D eigenvalue weighted by atomic mass is 28.4. The Morgan fingerprint density at radius 3 is 1.32 bits per heavy atom. The van der Waals surface area contributed by atoms with E-state index in [0.29, 0.717) is 0 Å². The summed E-state index contributed by atoms with van der Waals surface area (Å²) in [4.78, 5) is 14.2. The number of hydrogen-bond acceptors (Lipinski definition) is 3. The van der Waals surface area contributed by atoms with Crippen molar-refractivity contribution in [2.24, 2.45) is 0 Å². The fourth-order valence-electron chi connectivity index (χ4n) is 2.90. The van der Waals surface area contributed by atoms with Gasteiger partial charge in [0.05, 0.1) is 0 Å². The number of rotatable bonds is 6. The van der Waals surface area contributed by atoms with Gasteiger partial charge in [-0.3, -0.25) is 0 Å². The summed E-state index contributed by atoms with van der Waals surface area (Å²) in [6.45, 7) is 21.6. The average molecular weight is 457 g/mol. The van der Waals surface area contributed by atoms with Crippen molar-refractivity contribution in [1.29, 1.82) is 0 Å². The average Bonchev–Trinajstić information content (AvgIpc) is 2.65. The molecule has 0 unspecified atom stereocenters. The SMILES string of the molecule is CC(C)(C)[Si](C)(C)OC(=O)C(O[Si](C)(C)C(C)(C)C)(c1ccccc1)c1ccccc1. The Morgan fingerprint density at radius 1 is 0.645 bits per heavy atom. The Kier molecular flexibility index (Phi) is 7.16. The van der Waals surface area contributed by atoms with Gasteiger partial charge in [0.15, 0.2) is 8.32 Å². The number of hydrogen-bond donors (Lipinski definition) is 0. The first kappa shape index (κ1) is 25.6. The maximum atomic E-state index is 14.2. The van der Waals surface area contributed by atoms with Gasteiger partial charge in [0.2, 0.25) is 5.60 Å². The fraction of sp³-hybridized carbons (Fsp3) is 0.500. The standard InChI is InChI=1S/C26H40O3Si2/c1-24(2,3)30(7,8)28-23(27)26(21-17-13-11-14-18-21,22-19-15-12-16-20-22)29-31(9,10)25(4,5)6/h11-20H,1-10H3. The summed E-state index contributed by atoms with van der Waals surface area (Å²) in [5.41, 5.74) is 0.325.